The van der Waals surface area contributed by atoms with Crippen molar-refractivity contribution >= 4 is 41.3 Å². The first-order valence-electron chi connectivity index (χ1n) is 8.61. The van der Waals surface area contributed by atoms with Gasteiger partial charge in [0.2, 0.25) is 0 Å². The zero-order valence-electron chi connectivity index (χ0n) is 14.5. The van der Waals surface area contributed by atoms with Gasteiger partial charge in [-0.3, -0.25) is 4.90 Å². The van der Waals surface area contributed by atoms with Gasteiger partial charge in [-0.05, 0) is 30.7 Å². The van der Waals surface area contributed by atoms with Crippen LogP contribution in [0.25, 0.3) is 0 Å². The van der Waals surface area contributed by atoms with Gasteiger partial charge in [0.15, 0.2) is 5.96 Å². The van der Waals surface area contributed by atoms with E-state index < -0.39 is 0 Å². The minimum Gasteiger partial charge on any atom is -0.379 e. The number of thiophene rings is 1. The molecule has 5 nitrogen and oxygen atoms in total. The fourth-order valence-electron chi connectivity index (χ4n) is 2.80. The highest BCUT2D eigenvalue weighted by molar-refractivity contribution is 14.0. The summed E-state index contributed by atoms with van der Waals surface area (Å²) < 4.78 is 5.43. The molecular weight excluding hydrogens is 435 g/mol. The van der Waals surface area contributed by atoms with Crippen LogP contribution in [0.2, 0.25) is 0 Å². The van der Waals surface area contributed by atoms with Crippen molar-refractivity contribution in [3.05, 3.63) is 22.4 Å². The predicted molar refractivity (Wildman–Crippen MR) is 111 cm³/mol. The number of nitrogens with one attached hydrogen (secondary N) is 2. The Morgan fingerprint density at radius 2 is 2.21 bits per heavy atom. The average Bonchev–Trinajstić information content (AvgIpc) is 3.03. The van der Waals surface area contributed by atoms with Crippen molar-refractivity contribution in [1.29, 1.82) is 0 Å². The molecule has 2 fully saturated rings. The van der Waals surface area contributed by atoms with Crippen molar-refractivity contribution in [2.45, 2.75) is 38.9 Å². The van der Waals surface area contributed by atoms with E-state index in [1.165, 1.54) is 11.3 Å². The van der Waals surface area contributed by atoms with E-state index >= 15 is 0 Å². The van der Waals surface area contributed by atoms with Crippen molar-refractivity contribution in [2.75, 3.05) is 32.8 Å². The van der Waals surface area contributed by atoms with E-state index in [2.05, 4.69) is 46.9 Å². The highest BCUT2D eigenvalue weighted by Gasteiger charge is 2.33. The Morgan fingerprint density at radius 1 is 1.46 bits per heavy atom. The molecule has 136 valence electrons. The summed E-state index contributed by atoms with van der Waals surface area (Å²) in [7, 11) is 0. The molecule has 0 amide bonds. The summed E-state index contributed by atoms with van der Waals surface area (Å²) in [5, 5.41) is 9.20. The molecule has 3 atom stereocenters. The largest absolute Gasteiger partial charge is 0.379 e. The Kier molecular flexibility index (Phi) is 8.25. The second-order valence-electron chi connectivity index (χ2n) is 6.59. The summed E-state index contributed by atoms with van der Waals surface area (Å²) in [6.45, 7) is 9.97. The Balaban J connectivity index is 0.00000208. The molecule has 1 aromatic heterocycles. The Bertz CT molecular complexity index is 505. The zero-order chi connectivity index (χ0) is 16.1. The first-order valence-corrected chi connectivity index (χ1v) is 9.49. The number of nitrogens with zero attached hydrogens (tertiary/aromatic N) is 2. The molecule has 0 aromatic carbocycles. The summed E-state index contributed by atoms with van der Waals surface area (Å²) in [5.41, 5.74) is 0. The zero-order valence-corrected chi connectivity index (χ0v) is 17.7. The van der Waals surface area contributed by atoms with E-state index in [0.29, 0.717) is 12.1 Å². The van der Waals surface area contributed by atoms with E-state index in [0.717, 1.165) is 51.3 Å². The standard InChI is InChI=1S/C17H28N4OS.HI/c1-13-10-16(13)20-17(19-12-15-4-3-9-23-15)18-11-14(2)21-5-7-22-8-6-21;/h3-4,9,13-14,16H,5-8,10-12H2,1-2H3,(H2,18,19,20);1H. The Hall–Kier alpha value is -0.380. The van der Waals surface area contributed by atoms with Crippen LogP contribution in [0.3, 0.4) is 0 Å². The summed E-state index contributed by atoms with van der Waals surface area (Å²) in [6.07, 6.45) is 1.25. The van der Waals surface area contributed by atoms with Gasteiger partial charge in [0.25, 0.3) is 0 Å². The van der Waals surface area contributed by atoms with Crippen LogP contribution in [-0.4, -0.2) is 55.8 Å². The van der Waals surface area contributed by atoms with Gasteiger partial charge in [0, 0.05) is 36.6 Å². The van der Waals surface area contributed by atoms with Gasteiger partial charge in [0.05, 0.1) is 19.8 Å². The number of rotatable bonds is 6. The molecule has 7 heteroatoms. The molecule has 0 radical (unpaired) electrons. The predicted octanol–water partition coefficient (Wildman–Crippen LogP) is 2.53. The lowest BCUT2D eigenvalue weighted by Gasteiger charge is -2.32. The van der Waals surface area contributed by atoms with Crippen LogP contribution in [0.4, 0.5) is 0 Å². The van der Waals surface area contributed by atoms with Crippen molar-refractivity contribution < 1.29 is 4.74 Å². The lowest BCUT2D eigenvalue weighted by atomic mass is 10.2. The summed E-state index contributed by atoms with van der Waals surface area (Å²) in [6, 6.07) is 5.30. The van der Waals surface area contributed by atoms with Gasteiger partial charge in [-0.1, -0.05) is 13.0 Å². The van der Waals surface area contributed by atoms with Crippen LogP contribution < -0.4 is 10.6 Å². The molecule has 2 heterocycles. The lowest BCUT2D eigenvalue weighted by Crippen LogP contribution is -2.49. The van der Waals surface area contributed by atoms with Crippen molar-refractivity contribution in [3.63, 3.8) is 0 Å². The quantitative estimate of drug-likeness (QED) is 0.386. The molecular formula is C17H29IN4OS. The molecule has 0 bridgehead atoms. The highest BCUT2D eigenvalue weighted by Crippen LogP contribution is 2.28. The van der Waals surface area contributed by atoms with Gasteiger partial charge in [-0.2, -0.15) is 0 Å². The van der Waals surface area contributed by atoms with Gasteiger partial charge in [0.1, 0.15) is 0 Å². The summed E-state index contributed by atoms with van der Waals surface area (Å²) in [5.74, 6) is 1.72. The molecule has 1 aromatic rings. The van der Waals surface area contributed by atoms with Gasteiger partial charge < -0.3 is 15.4 Å². The van der Waals surface area contributed by atoms with Crippen LogP contribution >= 0.6 is 35.3 Å². The SMILES string of the molecule is CC1CC1NC(=NCc1cccs1)NCC(C)N1CCOCC1.I. The van der Waals surface area contributed by atoms with Crippen molar-refractivity contribution in [1.82, 2.24) is 15.5 Å². The third-order valence-corrected chi connectivity index (χ3v) is 5.50. The van der Waals surface area contributed by atoms with Crippen LogP contribution in [0.1, 0.15) is 25.1 Å². The number of hydrogen-bond donors (Lipinski definition) is 2. The lowest BCUT2D eigenvalue weighted by molar-refractivity contribution is 0.0211. The molecule has 0 spiro atoms. The summed E-state index contributed by atoms with van der Waals surface area (Å²) in [4.78, 5) is 8.54. The normalized spacial score (nSPS) is 25.7. The topological polar surface area (TPSA) is 48.9 Å². The molecule has 2 N–H and O–H groups in total. The van der Waals surface area contributed by atoms with Crippen LogP contribution in [0.5, 0.6) is 0 Å². The van der Waals surface area contributed by atoms with Crippen LogP contribution in [-0.2, 0) is 11.3 Å². The number of hydrogen-bond acceptors (Lipinski definition) is 4. The van der Waals surface area contributed by atoms with Gasteiger partial charge in [-0.15, -0.1) is 35.3 Å². The van der Waals surface area contributed by atoms with Crippen LogP contribution in [0.15, 0.2) is 22.5 Å². The number of aliphatic imine (C=N–C) groups is 1. The van der Waals surface area contributed by atoms with E-state index in [1.807, 2.05) is 0 Å². The maximum Gasteiger partial charge on any atom is 0.191 e. The third-order valence-electron chi connectivity index (χ3n) is 4.64. The monoisotopic (exact) mass is 464 g/mol. The van der Waals surface area contributed by atoms with Gasteiger partial charge >= 0.3 is 0 Å². The average molecular weight is 464 g/mol. The smallest absolute Gasteiger partial charge is 0.191 e. The third kappa shape index (κ3) is 6.16. The summed E-state index contributed by atoms with van der Waals surface area (Å²) >= 11 is 1.76. The molecule has 24 heavy (non-hydrogen) atoms. The first-order chi connectivity index (χ1) is 11.2. The second-order valence-corrected chi connectivity index (χ2v) is 7.62. The van der Waals surface area contributed by atoms with E-state index in [4.69, 9.17) is 9.73 Å². The molecule has 3 unspecified atom stereocenters. The molecule has 1 saturated carbocycles. The Morgan fingerprint density at radius 3 is 2.83 bits per heavy atom. The van der Waals surface area contributed by atoms with Crippen LogP contribution in [0, 0.1) is 5.92 Å². The minimum absolute atomic E-state index is 0. The fraction of sp³-hybridized carbons (Fsp3) is 0.706. The Labute approximate surface area is 166 Å². The van der Waals surface area contributed by atoms with E-state index in [1.54, 1.807) is 11.3 Å². The van der Waals surface area contributed by atoms with Gasteiger partial charge in [-0.25, -0.2) is 4.99 Å². The molecule has 1 aliphatic heterocycles. The van der Waals surface area contributed by atoms with E-state index in [9.17, 15) is 0 Å². The van der Waals surface area contributed by atoms with Crippen molar-refractivity contribution in [2.24, 2.45) is 10.9 Å². The molecule has 1 saturated heterocycles. The number of halogens is 1. The molecule has 2 aliphatic rings. The fourth-order valence-corrected chi connectivity index (χ4v) is 3.43. The molecule has 3 rings (SSSR count). The first kappa shape index (κ1) is 19.9. The maximum atomic E-state index is 5.43. The second kappa shape index (κ2) is 9.94. The maximum absolute atomic E-state index is 5.43. The highest BCUT2D eigenvalue weighted by atomic mass is 127. The number of morpholine rings is 1. The molecule has 1 aliphatic carbocycles. The number of ether oxygens (including phenoxy) is 1. The minimum atomic E-state index is 0. The number of guanidine groups is 1. The van der Waals surface area contributed by atoms with E-state index in [-0.39, 0.29) is 24.0 Å². The van der Waals surface area contributed by atoms with Crippen molar-refractivity contribution in [3.8, 4) is 0 Å².